The minimum absolute atomic E-state index is 0.638. The number of rotatable bonds is 1. The molecule has 3 heteroatoms. The summed E-state index contributed by atoms with van der Waals surface area (Å²) in [7, 11) is 0. The summed E-state index contributed by atoms with van der Waals surface area (Å²) in [5, 5.41) is 5.62. The molecule has 0 aliphatic carbocycles. The molecular formula is C14H17ClN2. The highest BCUT2D eigenvalue weighted by Gasteiger charge is 2.20. The van der Waals surface area contributed by atoms with Gasteiger partial charge < -0.3 is 10.3 Å². The molecule has 90 valence electrons. The lowest BCUT2D eigenvalue weighted by Gasteiger charge is -2.23. The van der Waals surface area contributed by atoms with Gasteiger partial charge in [0.2, 0.25) is 0 Å². The van der Waals surface area contributed by atoms with Crippen LogP contribution in [0.3, 0.4) is 0 Å². The maximum absolute atomic E-state index is 6.03. The van der Waals surface area contributed by atoms with Crippen LogP contribution in [0.1, 0.15) is 30.0 Å². The van der Waals surface area contributed by atoms with E-state index in [2.05, 4.69) is 23.3 Å². The van der Waals surface area contributed by atoms with Crippen LogP contribution in [0.2, 0.25) is 5.02 Å². The lowest BCUT2D eigenvalue weighted by atomic mass is 9.90. The highest BCUT2D eigenvalue weighted by Crippen LogP contribution is 2.33. The minimum Gasteiger partial charge on any atom is -0.358 e. The molecule has 1 atom stereocenters. The first-order valence-corrected chi connectivity index (χ1v) is 6.62. The molecule has 1 fully saturated rings. The average Bonchev–Trinajstić information content (AvgIpc) is 2.65. The fourth-order valence-corrected chi connectivity index (χ4v) is 3.12. The van der Waals surface area contributed by atoms with Crippen molar-refractivity contribution in [1.82, 2.24) is 10.3 Å². The molecular weight excluding hydrogens is 232 g/mol. The minimum atomic E-state index is 0.638. The molecule has 0 radical (unpaired) electrons. The Kier molecular flexibility index (Phi) is 2.85. The van der Waals surface area contributed by atoms with E-state index in [1.165, 1.54) is 29.5 Å². The smallest absolute Gasteiger partial charge is 0.0473 e. The number of nitrogens with one attached hydrogen (secondary N) is 2. The highest BCUT2D eigenvalue weighted by molar-refractivity contribution is 6.31. The predicted octanol–water partition coefficient (Wildman–Crippen LogP) is 3.60. The summed E-state index contributed by atoms with van der Waals surface area (Å²) in [6.45, 7) is 4.41. The molecule has 2 aromatic rings. The molecule has 1 aromatic heterocycles. The zero-order valence-electron chi connectivity index (χ0n) is 10.0. The van der Waals surface area contributed by atoms with Gasteiger partial charge in [0, 0.05) is 28.2 Å². The topological polar surface area (TPSA) is 27.8 Å². The van der Waals surface area contributed by atoms with E-state index in [4.69, 9.17) is 11.6 Å². The zero-order chi connectivity index (χ0) is 11.8. The molecule has 0 saturated carbocycles. The SMILES string of the molecule is Cc1[nH]c2cc(Cl)ccc2c1C1CCCNC1. The van der Waals surface area contributed by atoms with Crippen molar-refractivity contribution < 1.29 is 0 Å². The molecule has 2 nitrogen and oxygen atoms in total. The van der Waals surface area contributed by atoms with Gasteiger partial charge in [-0.15, -0.1) is 0 Å². The Morgan fingerprint density at radius 3 is 3.00 bits per heavy atom. The van der Waals surface area contributed by atoms with Crippen molar-refractivity contribution in [3.8, 4) is 0 Å². The maximum Gasteiger partial charge on any atom is 0.0473 e. The van der Waals surface area contributed by atoms with Crippen LogP contribution in [-0.4, -0.2) is 18.1 Å². The Labute approximate surface area is 106 Å². The number of H-pyrrole nitrogens is 1. The third-order valence-electron chi connectivity index (χ3n) is 3.70. The molecule has 2 N–H and O–H groups in total. The van der Waals surface area contributed by atoms with Gasteiger partial charge in [-0.1, -0.05) is 17.7 Å². The van der Waals surface area contributed by atoms with Crippen LogP contribution in [0.5, 0.6) is 0 Å². The molecule has 1 aliphatic heterocycles. The Hall–Kier alpha value is -0.990. The van der Waals surface area contributed by atoms with Crippen molar-refractivity contribution in [1.29, 1.82) is 0 Å². The fraction of sp³-hybridized carbons (Fsp3) is 0.429. The lowest BCUT2D eigenvalue weighted by molar-refractivity contribution is 0.462. The van der Waals surface area contributed by atoms with Crippen molar-refractivity contribution in [3.05, 3.63) is 34.5 Å². The van der Waals surface area contributed by atoms with Gasteiger partial charge in [0.1, 0.15) is 0 Å². The van der Waals surface area contributed by atoms with E-state index < -0.39 is 0 Å². The Bertz CT molecular complexity index is 538. The second-order valence-electron chi connectivity index (χ2n) is 4.90. The van der Waals surface area contributed by atoms with Crippen LogP contribution in [0.4, 0.5) is 0 Å². The Morgan fingerprint density at radius 2 is 2.24 bits per heavy atom. The van der Waals surface area contributed by atoms with E-state index in [9.17, 15) is 0 Å². The maximum atomic E-state index is 6.03. The van der Waals surface area contributed by atoms with Crippen molar-refractivity contribution in [2.75, 3.05) is 13.1 Å². The summed E-state index contributed by atoms with van der Waals surface area (Å²) < 4.78 is 0. The average molecular weight is 249 g/mol. The second-order valence-corrected chi connectivity index (χ2v) is 5.33. The highest BCUT2D eigenvalue weighted by atomic mass is 35.5. The van der Waals surface area contributed by atoms with Crippen LogP contribution in [-0.2, 0) is 0 Å². The number of fused-ring (bicyclic) bond motifs is 1. The molecule has 0 spiro atoms. The summed E-state index contributed by atoms with van der Waals surface area (Å²) >= 11 is 6.03. The number of benzene rings is 1. The van der Waals surface area contributed by atoms with Gasteiger partial charge in [0.15, 0.2) is 0 Å². The van der Waals surface area contributed by atoms with Gasteiger partial charge in [0.25, 0.3) is 0 Å². The normalized spacial score (nSPS) is 20.9. The number of piperidine rings is 1. The number of halogens is 1. The Morgan fingerprint density at radius 1 is 1.35 bits per heavy atom. The number of hydrogen-bond donors (Lipinski definition) is 2. The van der Waals surface area contributed by atoms with Crippen LogP contribution in [0.15, 0.2) is 18.2 Å². The van der Waals surface area contributed by atoms with Crippen molar-refractivity contribution in [3.63, 3.8) is 0 Å². The van der Waals surface area contributed by atoms with Crippen LogP contribution >= 0.6 is 11.6 Å². The van der Waals surface area contributed by atoms with Gasteiger partial charge in [0.05, 0.1) is 0 Å². The monoisotopic (exact) mass is 248 g/mol. The summed E-state index contributed by atoms with van der Waals surface area (Å²) in [6, 6.07) is 6.14. The van der Waals surface area contributed by atoms with E-state index in [1.54, 1.807) is 0 Å². The number of hydrogen-bond acceptors (Lipinski definition) is 1. The lowest BCUT2D eigenvalue weighted by Crippen LogP contribution is -2.28. The van der Waals surface area contributed by atoms with Gasteiger partial charge in [-0.25, -0.2) is 0 Å². The predicted molar refractivity (Wildman–Crippen MR) is 72.9 cm³/mol. The first-order chi connectivity index (χ1) is 8.25. The summed E-state index contributed by atoms with van der Waals surface area (Å²) in [4.78, 5) is 3.45. The molecule has 2 heterocycles. The first kappa shape index (κ1) is 11.1. The largest absolute Gasteiger partial charge is 0.358 e. The summed E-state index contributed by atoms with van der Waals surface area (Å²) in [6.07, 6.45) is 2.55. The molecule has 0 bridgehead atoms. The van der Waals surface area contributed by atoms with Crippen molar-refractivity contribution >= 4 is 22.5 Å². The van der Waals surface area contributed by atoms with Crippen molar-refractivity contribution in [2.45, 2.75) is 25.7 Å². The summed E-state index contributed by atoms with van der Waals surface area (Å²) in [5.41, 5.74) is 3.93. The third kappa shape index (κ3) is 1.96. The van der Waals surface area contributed by atoms with Gasteiger partial charge in [-0.05, 0) is 49.9 Å². The van der Waals surface area contributed by atoms with E-state index in [0.717, 1.165) is 23.6 Å². The molecule has 17 heavy (non-hydrogen) atoms. The standard InChI is InChI=1S/C14H17ClN2/c1-9-14(10-3-2-6-16-8-10)12-5-4-11(15)7-13(12)17-9/h4-5,7,10,16-17H,2-3,6,8H2,1H3. The van der Waals surface area contributed by atoms with E-state index in [0.29, 0.717) is 5.92 Å². The second kappa shape index (κ2) is 4.35. The van der Waals surface area contributed by atoms with E-state index in [1.807, 2.05) is 12.1 Å². The van der Waals surface area contributed by atoms with E-state index in [-0.39, 0.29) is 0 Å². The number of aromatic amines is 1. The summed E-state index contributed by atoms with van der Waals surface area (Å²) in [5.74, 6) is 0.638. The molecule has 1 unspecified atom stereocenters. The number of aromatic nitrogens is 1. The molecule has 0 amide bonds. The molecule has 1 aliphatic rings. The van der Waals surface area contributed by atoms with Gasteiger partial charge in [-0.2, -0.15) is 0 Å². The van der Waals surface area contributed by atoms with Crippen molar-refractivity contribution in [2.24, 2.45) is 0 Å². The number of aryl methyl sites for hydroxylation is 1. The zero-order valence-corrected chi connectivity index (χ0v) is 10.8. The quantitative estimate of drug-likeness (QED) is 0.793. The third-order valence-corrected chi connectivity index (χ3v) is 3.94. The first-order valence-electron chi connectivity index (χ1n) is 6.24. The van der Waals surface area contributed by atoms with Crippen LogP contribution in [0, 0.1) is 6.92 Å². The van der Waals surface area contributed by atoms with E-state index >= 15 is 0 Å². The van der Waals surface area contributed by atoms with Gasteiger partial charge >= 0.3 is 0 Å². The fourth-order valence-electron chi connectivity index (χ4n) is 2.95. The molecule has 3 rings (SSSR count). The molecule has 1 saturated heterocycles. The molecule has 1 aromatic carbocycles. The Balaban J connectivity index is 2.11. The van der Waals surface area contributed by atoms with Gasteiger partial charge in [-0.3, -0.25) is 0 Å². The van der Waals surface area contributed by atoms with Crippen LogP contribution < -0.4 is 5.32 Å². The van der Waals surface area contributed by atoms with Crippen LogP contribution in [0.25, 0.3) is 10.9 Å².